The quantitative estimate of drug-likeness (QED) is 0.721. The monoisotopic (exact) mass is 388 g/mol. The summed E-state index contributed by atoms with van der Waals surface area (Å²) in [5, 5.41) is 15.2. The van der Waals surface area contributed by atoms with Crippen molar-refractivity contribution in [3.8, 4) is 0 Å². The molecule has 2 aliphatic rings. The molecular formula is C21H32N4O3. The molecule has 0 spiro atoms. The van der Waals surface area contributed by atoms with E-state index < -0.39 is 6.04 Å². The lowest BCUT2D eigenvalue weighted by molar-refractivity contribution is -0.121. The second kappa shape index (κ2) is 9.39. The molecule has 0 saturated carbocycles. The summed E-state index contributed by atoms with van der Waals surface area (Å²) in [6.45, 7) is 7.05. The third-order valence-electron chi connectivity index (χ3n) is 6.00. The summed E-state index contributed by atoms with van der Waals surface area (Å²) in [5.41, 5.74) is 1.74. The highest BCUT2D eigenvalue weighted by Gasteiger charge is 2.37. The van der Waals surface area contributed by atoms with Crippen molar-refractivity contribution in [3.05, 3.63) is 29.8 Å². The normalized spacial score (nSPS) is 22.2. The molecule has 0 unspecified atom stereocenters. The van der Waals surface area contributed by atoms with Crippen molar-refractivity contribution in [2.75, 3.05) is 31.6 Å². The zero-order chi connectivity index (χ0) is 20.1. The van der Waals surface area contributed by atoms with Crippen molar-refractivity contribution in [1.29, 1.82) is 0 Å². The number of carbonyl (C=O) groups is 2. The molecule has 154 valence electrons. The van der Waals surface area contributed by atoms with E-state index in [-0.39, 0.29) is 30.5 Å². The lowest BCUT2D eigenvalue weighted by Crippen LogP contribution is -2.55. The van der Waals surface area contributed by atoms with Gasteiger partial charge in [-0.3, -0.25) is 4.79 Å². The maximum Gasteiger partial charge on any atom is 0.318 e. The van der Waals surface area contributed by atoms with Crippen molar-refractivity contribution in [3.63, 3.8) is 0 Å². The van der Waals surface area contributed by atoms with Crippen molar-refractivity contribution in [1.82, 2.24) is 15.1 Å². The molecule has 1 aromatic carbocycles. The summed E-state index contributed by atoms with van der Waals surface area (Å²) >= 11 is 0. The highest BCUT2D eigenvalue weighted by molar-refractivity contribution is 5.98. The Morgan fingerprint density at radius 2 is 2.04 bits per heavy atom. The van der Waals surface area contributed by atoms with Gasteiger partial charge in [0.1, 0.15) is 6.04 Å². The largest absolute Gasteiger partial charge is 0.395 e. The van der Waals surface area contributed by atoms with Gasteiger partial charge in [0, 0.05) is 31.4 Å². The number of β-amino-alcohol motifs (C(OH)–C–C–N with tert-alkyl or cyclic N) is 1. The fourth-order valence-corrected chi connectivity index (χ4v) is 4.10. The van der Waals surface area contributed by atoms with Gasteiger partial charge in [0.2, 0.25) is 5.91 Å². The number of nitrogens with one attached hydrogen (secondary N) is 2. The molecule has 3 N–H and O–H groups in total. The minimum Gasteiger partial charge on any atom is -0.395 e. The van der Waals surface area contributed by atoms with E-state index >= 15 is 0 Å². The topological polar surface area (TPSA) is 84.9 Å². The SMILES string of the molecule is CC[C@H](C)[C@H]1C(=O)Nc2ccccc2CN1C(=O)NC1CCN(CCO)CC1. The number of piperidine rings is 1. The van der Waals surface area contributed by atoms with Gasteiger partial charge in [-0.25, -0.2) is 4.79 Å². The van der Waals surface area contributed by atoms with Crippen LogP contribution in [0.15, 0.2) is 24.3 Å². The van der Waals surface area contributed by atoms with Crippen molar-refractivity contribution < 1.29 is 14.7 Å². The summed E-state index contributed by atoms with van der Waals surface area (Å²) in [7, 11) is 0. The molecule has 7 nitrogen and oxygen atoms in total. The van der Waals surface area contributed by atoms with Crippen LogP contribution >= 0.6 is 0 Å². The maximum atomic E-state index is 13.2. The number of amides is 3. The Labute approximate surface area is 167 Å². The van der Waals surface area contributed by atoms with Crippen LogP contribution in [0.4, 0.5) is 10.5 Å². The number of urea groups is 1. The third kappa shape index (κ3) is 4.64. The van der Waals surface area contributed by atoms with E-state index in [1.54, 1.807) is 4.90 Å². The van der Waals surface area contributed by atoms with E-state index in [0.29, 0.717) is 13.1 Å². The van der Waals surface area contributed by atoms with Crippen LogP contribution in [0.5, 0.6) is 0 Å². The number of rotatable bonds is 5. The number of benzene rings is 1. The van der Waals surface area contributed by atoms with Gasteiger partial charge in [0.25, 0.3) is 0 Å². The number of aliphatic hydroxyl groups excluding tert-OH is 1. The molecule has 0 radical (unpaired) electrons. The van der Waals surface area contributed by atoms with Crippen molar-refractivity contribution in [2.24, 2.45) is 5.92 Å². The molecule has 0 aromatic heterocycles. The van der Waals surface area contributed by atoms with Gasteiger partial charge in [0.05, 0.1) is 13.2 Å². The number of nitrogens with zero attached hydrogens (tertiary/aromatic N) is 2. The van der Waals surface area contributed by atoms with E-state index in [1.165, 1.54) is 0 Å². The number of hydrogen-bond acceptors (Lipinski definition) is 4. The Hall–Kier alpha value is -2.12. The minimum atomic E-state index is -0.494. The average molecular weight is 389 g/mol. The highest BCUT2D eigenvalue weighted by atomic mass is 16.3. The van der Waals surface area contributed by atoms with Crippen LogP contribution in [0.25, 0.3) is 0 Å². The predicted octanol–water partition coefficient (Wildman–Crippen LogP) is 2.02. The first-order valence-corrected chi connectivity index (χ1v) is 10.3. The number of likely N-dealkylation sites (tertiary alicyclic amines) is 1. The first-order valence-electron chi connectivity index (χ1n) is 10.3. The average Bonchev–Trinajstić information content (AvgIpc) is 2.85. The fraction of sp³-hybridized carbons (Fsp3) is 0.619. The van der Waals surface area contributed by atoms with Crippen LogP contribution in [-0.2, 0) is 11.3 Å². The number of carbonyl (C=O) groups excluding carboxylic acids is 2. The van der Waals surface area contributed by atoms with Gasteiger partial charge in [-0.1, -0.05) is 38.5 Å². The molecule has 2 atom stereocenters. The van der Waals surface area contributed by atoms with Gasteiger partial charge in [-0.2, -0.15) is 0 Å². The summed E-state index contributed by atoms with van der Waals surface area (Å²) in [6.07, 6.45) is 2.53. The predicted molar refractivity (Wildman–Crippen MR) is 109 cm³/mol. The molecular weight excluding hydrogens is 356 g/mol. The van der Waals surface area contributed by atoms with Gasteiger partial charge in [0.15, 0.2) is 0 Å². The molecule has 1 saturated heterocycles. The summed E-state index contributed by atoms with van der Waals surface area (Å²) in [4.78, 5) is 30.0. The van der Waals surface area contributed by atoms with Gasteiger partial charge in [-0.15, -0.1) is 0 Å². The fourth-order valence-electron chi connectivity index (χ4n) is 4.10. The number of aliphatic hydroxyl groups is 1. The third-order valence-corrected chi connectivity index (χ3v) is 6.00. The molecule has 1 aromatic rings. The first-order chi connectivity index (χ1) is 13.5. The number of para-hydroxylation sites is 1. The lowest BCUT2D eigenvalue weighted by atomic mass is 9.97. The van der Waals surface area contributed by atoms with E-state index in [9.17, 15) is 9.59 Å². The van der Waals surface area contributed by atoms with Gasteiger partial charge < -0.3 is 25.5 Å². The van der Waals surface area contributed by atoms with Crippen molar-refractivity contribution >= 4 is 17.6 Å². The smallest absolute Gasteiger partial charge is 0.318 e. The molecule has 0 aliphatic carbocycles. The molecule has 7 heteroatoms. The maximum absolute atomic E-state index is 13.2. The Morgan fingerprint density at radius 1 is 1.32 bits per heavy atom. The molecule has 0 bridgehead atoms. The Kier molecular flexibility index (Phi) is 6.91. The number of anilines is 1. The van der Waals surface area contributed by atoms with Crippen LogP contribution in [0.3, 0.4) is 0 Å². The van der Waals surface area contributed by atoms with Crippen LogP contribution in [0, 0.1) is 5.92 Å². The van der Waals surface area contributed by atoms with Crippen LogP contribution in [0.2, 0.25) is 0 Å². The molecule has 28 heavy (non-hydrogen) atoms. The molecule has 2 aliphatic heterocycles. The molecule has 1 fully saturated rings. The van der Waals surface area contributed by atoms with E-state index in [0.717, 1.165) is 43.6 Å². The van der Waals surface area contributed by atoms with E-state index in [2.05, 4.69) is 15.5 Å². The molecule has 3 amide bonds. The van der Waals surface area contributed by atoms with E-state index in [1.807, 2.05) is 38.1 Å². The van der Waals surface area contributed by atoms with Crippen LogP contribution in [-0.4, -0.2) is 65.2 Å². The first kappa shape index (κ1) is 20.6. The lowest BCUT2D eigenvalue weighted by Gasteiger charge is -2.36. The van der Waals surface area contributed by atoms with Gasteiger partial charge >= 0.3 is 6.03 Å². The van der Waals surface area contributed by atoms with Crippen LogP contribution < -0.4 is 10.6 Å². The Balaban J connectivity index is 1.74. The molecule has 2 heterocycles. The van der Waals surface area contributed by atoms with Gasteiger partial charge in [-0.05, 0) is 30.4 Å². The second-order valence-electron chi connectivity index (χ2n) is 7.89. The zero-order valence-corrected chi connectivity index (χ0v) is 16.9. The number of hydrogen-bond donors (Lipinski definition) is 3. The van der Waals surface area contributed by atoms with Crippen molar-refractivity contribution in [2.45, 2.75) is 51.7 Å². The summed E-state index contributed by atoms with van der Waals surface area (Å²) < 4.78 is 0. The minimum absolute atomic E-state index is 0.0615. The second-order valence-corrected chi connectivity index (χ2v) is 7.89. The Bertz CT molecular complexity index is 688. The summed E-state index contributed by atoms with van der Waals surface area (Å²) in [5.74, 6) is -0.0568. The standard InChI is InChI=1S/C21H32N4O3/c1-3-15(2)19-20(27)23-18-7-5-4-6-16(18)14-25(19)21(28)22-17-8-10-24(11-9-17)12-13-26/h4-7,15,17,19,26H,3,8-14H2,1-2H3,(H,22,28)(H,23,27)/t15-,19-/m0/s1. The Morgan fingerprint density at radius 3 is 2.71 bits per heavy atom. The van der Waals surface area contributed by atoms with Crippen LogP contribution in [0.1, 0.15) is 38.7 Å². The van der Waals surface area contributed by atoms with E-state index in [4.69, 9.17) is 5.11 Å². The highest BCUT2D eigenvalue weighted by Crippen LogP contribution is 2.27. The summed E-state index contributed by atoms with van der Waals surface area (Å²) in [6, 6.07) is 7.11. The number of fused-ring (bicyclic) bond motifs is 1. The zero-order valence-electron chi connectivity index (χ0n) is 16.9. The molecule has 3 rings (SSSR count).